The topological polar surface area (TPSA) is 133 Å². The zero-order valence-electron chi connectivity index (χ0n) is 20.0. The van der Waals surface area contributed by atoms with Crippen LogP contribution in [0.1, 0.15) is 35.1 Å². The molecular formula is C30H22N2O6. The van der Waals surface area contributed by atoms with Crippen LogP contribution in [0.2, 0.25) is 0 Å². The number of carbonyl (C=O) groups excluding carboxylic acids is 2. The standard InChI is InChI=1S/C30H22N2O6/c1-5-17-9-11-19(7-3)25(13-17)31-27(33)21-15-24(30(37)38)22(16-23(21)29(35)36)28(34)32-26-14-18(6-2)10-12-20(26)8-4/h1-4,9-14,21-24H,15-16H2,(H,31,33)(H,32,34)(H,35,36)(H,37,38). The molecule has 0 spiro atoms. The van der Waals surface area contributed by atoms with Crippen LogP contribution in [0, 0.1) is 73.0 Å². The first-order valence-corrected chi connectivity index (χ1v) is 11.3. The highest BCUT2D eigenvalue weighted by Gasteiger charge is 2.49. The Kier molecular flexibility index (Phi) is 8.24. The molecule has 2 aromatic carbocycles. The minimum Gasteiger partial charge on any atom is -0.481 e. The van der Waals surface area contributed by atoms with Gasteiger partial charge in [-0.15, -0.1) is 25.7 Å². The van der Waals surface area contributed by atoms with E-state index < -0.39 is 60.3 Å². The van der Waals surface area contributed by atoms with Gasteiger partial charge in [-0.3, -0.25) is 19.2 Å². The number of hydrogen-bond donors (Lipinski definition) is 4. The van der Waals surface area contributed by atoms with Crippen LogP contribution in [0.5, 0.6) is 0 Å². The summed E-state index contributed by atoms with van der Waals surface area (Å²) in [6, 6.07) is 9.15. The summed E-state index contributed by atoms with van der Waals surface area (Å²) in [6.07, 6.45) is 21.0. The van der Waals surface area contributed by atoms with Crippen LogP contribution in [0.3, 0.4) is 0 Å². The highest BCUT2D eigenvalue weighted by atomic mass is 16.4. The fourth-order valence-electron chi connectivity index (χ4n) is 4.51. The molecule has 8 nitrogen and oxygen atoms in total. The van der Waals surface area contributed by atoms with Crippen LogP contribution in [-0.4, -0.2) is 34.0 Å². The van der Waals surface area contributed by atoms with Crippen molar-refractivity contribution >= 4 is 35.1 Å². The summed E-state index contributed by atoms with van der Waals surface area (Å²) >= 11 is 0. The van der Waals surface area contributed by atoms with E-state index in [1.807, 2.05) is 0 Å². The summed E-state index contributed by atoms with van der Waals surface area (Å²) in [4.78, 5) is 50.8. The third-order valence-electron chi connectivity index (χ3n) is 6.49. The van der Waals surface area contributed by atoms with E-state index >= 15 is 0 Å². The average Bonchev–Trinajstić information content (AvgIpc) is 2.91. The molecule has 0 aromatic heterocycles. The van der Waals surface area contributed by atoms with Crippen molar-refractivity contribution in [2.75, 3.05) is 10.6 Å². The molecule has 0 heterocycles. The van der Waals surface area contributed by atoms with E-state index in [9.17, 15) is 29.4 Å². The quantitative estimate of drug-likeness (QED) is 0.446. The van der Waals surface area contributed by atoms with Gasteiger partial charge in [0.05, 0.1) is 35.0 Å². The van der Waals surface area contributed by atoms with Gasteiger partial charge in [0.15, 0.2) is 0 Å². The summed E-state index contributed by atoms with van der Waals surface area (Å²) in [5.41, 5.74) is 1.87. The van der Waals surface area contributed by atoms with Gasteiger partial charge in [-0.05, 0) is 49.2 Å². The van der Waals surface area contributed by atoms with E-state index in [4.69, 9.17) is 25.7 Å². The van der Waals surface area contributed by atoms with Gasteiger partial charge in [0.1, 0.15) is 0 Å². The molecule has 0 aliphatic heterocycles. The van der Waals surface area contributed by atoms with Gasteiger partial charge in [-0.25, -0.2) is 0 Å². The molecule has 4 atom stereocenters. The Hall–Kier alpha value is -5.44. The highest BCUT2D eigenvalue weighted by molar-refractivity contribution is 6.00. The summed E-state index contributed by atoms with van der Waals surface area (Å²) in [7, 11) is 0. The molecule has 8 heteroatoms. The van der Waals surface area contributed by atoms with Gasteiger partial charge in [0.25, 0.3) is 0 Å². The zero-order valence-corrected chi connectivity index (χ0v) is 20.0. The molecule has 2 amide bonds. The summed E-state index contributed by atoms with van der Waals surface area (Å²) in [5.74, 6) is 0.231. The van der Waals surface area contributed by atoms with Crippen molar-refractivity contribution in [3.05, 3.63) is 58.7 Å². The van der Waals surface area contributed by atoms with Gasteiger partial charge < -0.3 is 20.8 Å². The van der Waals surface area contributed by atoms with Crippen molar-refractivity contribution in [1.29, 1.82) is 0 Å². The van der Waals surface area contributed by atoms with Gasteiger partial charge in [0, 0.05) is 22.3 Å². The van der Waals surface area contributed by atoms with E-state index in [-0.39, 0.29) is 11.4 Å². The molecule has 1 fully saturated rings. The molecule has 38 heavy (non-hydrogen) atoms. The molecule has 3 rings (SSSR count). The van der Waals surface area contributed by atoms with Crippen LogP contribution < -0.4 is 10.6 Å². The number of hydrogen-bond acceptors (Lipinski definition) is 4. The number of carboxylic acid groups (broad SMARTS) is 2. The maximum Gasteiger partial charge on any atom is 0.307 e. The molecule has 4 unspecified atom stereocenters. The summed E-state index contributed by atoms with van der Waals surface area (Å²) in [6.45, 7) is 0. The predicted octanol–water partition coefficient (Wildman–Crippen LogP) is 2.62. The molecule has 0 saturated heterocycles. The average molecular weight is 507 g/mol. The molecular weight excluding hydrogens is 484 g/mol. The monoisotopic (exact) mass is 506 g/mol. The number of carbonyl (C=O) groups is 4. The SMILES string of the molecule is C#Cc1ccc(C#C)c(NC(=O)C2CC(C(=O)O)C(C(=O)Nc3cc(C#C)ccc3C#C)CC2C(=O)O)c1. The van der Waals surface area contributed by atoms with Gasteiger partial charge >= 0.3 is 11.9 Å². The smallest absolute Gasteiger partial charge is 0.307 e. The predicted molar refractivity (Wildman–Crippen MR) is 140 cm³/mol. The Balaban J connectivity index is 1.91. The van der Waals surface area contributed by atoms with Crippen molar-refractivity contribution in [3.63, 3.8) is 0 Å². The number of benzene rings is 2. The molecule has 1 saturated carbocycles. The number of amides is 2. The van der Waals surface area contributed by atoms with E-state index in [0.717, 1.165) is 0 Å². The number of rotatable bonds is 6. The minimum atomic E-state index is -1.35. The summed E-state index contributed by atoms with van der Waals surface area (Å²) in [5, 5.41) is 25.0. The lowest BCUT2D eigenvalue weighted by Crippen LogP contribution is -2.47. The van der Waals surface area contributed by atoms with Crippen molar-refractivity contribution < 1.29 is 29.4 Å². The number of carboxylic acids is 2. The largest absolute Gasteiger partial charge is 0.481 e. The first-order valence-electron chi connectivity index (χ1n) is 11.3. The Morgan fingerprint density at radius 2 is 1.00 bits per heavy atom. The summed E-state index contributed by atoms with van der Waals surface area (Å²) < 4.78 is 0. The fraction of sp³-hybridized carbons (Fsp3) is 0.200. The van der Waals surface area contributed by atoms with Crippen LogP contribution >= 0.6 is 0 Å². The number of nitrogens with one attached hydrogen (secondary N) is 2. The van der Waals surface area contributed by atoms with Crippen LogP contribution in [0.25, 0.3) is 0 Å². The number of anilines is 2. The Bertz CT molecular complexity index is 1380. The van der Waals surface area contributed by atoms with Crippen molar-refractivity contribution in [2.24, 2.45) is 23.7 Å². The molecule has 4 N–H and O–H groups in total. The van der Waals surface area contributed by atoms with Crippen LogP contribution in [-0.2, 0) is 19.2 Å². The van der Waals surface area contributed by atoms with Gasteiger partial charge in [0.2, 0.25) is 11.8 Å². The molecule has 1 aliphatic rings. The number of terminal acetylenes is 4. The van der Waals surface area contributed by atoms with Crippen LogP contribution in [0.4, 0.5) is 11.4 Å². The normalized spacial score (nSPS) is 19.9. The first kappa shape index (κ1) is 27.2. The molecule has 2 aromatic rings. The van der Waals surface area contributed by atoms with Crippen molar-refractivity contribution in [1.82, 2.24) is 0 Å². The second kappa shape index (κ2) is 11.5. The van der Waals surface area contributed by atoms with E-state index in [1.165, 1.54) is 24.3 Å². The highest BCUT2D eigenvalue weighted by Crippen LogP contribution is 2.40. The second-order valence-electron chi connectivity index (χ2n) is 8.65. The lowest BCUT2D eigenvalue weighted by Gasteiger charge is -2.36. The third kappa shape index (κ3) is 5.68. The Morgan fingerprint density at radius 1 is 0.632 bits per heavy atom. The number of aliphatic carboxylic acids is 2. The maximum atomic E-state index is 13.2. The fourth-order valence-corrected chi connectivity index (χ4v) is 4.51. The van der Waals surface area contributed by atoms with Gasteiger partial charge in [-0.2, -0.15) is 0 Å². The van der Waals surface area contributed by atoms with E-state index in [2.05, 4.69) is 34.3 Å². The lowest BCUT2D eigenvalue weighted by atomic mass is 9.67. The van der Waals surface area contributed by atoms with Crippen molar-refractivity contribution in [3.8, 4) is 49.4 Å². The first-order chi connectivity index (χ1) is 18.1. The molecule has 0 radical (unpaired) electrons. The molecule has 0 bridgehead atoms. The van der Waals surface area contributed by atoms with Gasteiger partial charge in [-0.1, -0.05) is 23.7 Å². The second-order valence-corrected chi connectivity index (χ2v) is 8.65. The Morgan fingerprint density at radius 3 is 1.29 bits per heavy atom. The maximum absolute atomic E-state index is 13.2. The molecule has 1 aliphatic carbocycles. The Labute approximate surface area is 219 Å². The third-order valence-corrected chi connectivity index (χ3v) is 6.49. The van der Waals surface area contributed by atoms with Crippen LogP contribution in [0.15, 0.2) is 36.4 Å². The van der Waals surface area contributed by atoms with Crippen molar-refractivity contribution in [2.45, 2.75) is 12.8 Å². The van der Waals surface area contributed by atoms with E-state index in [0.29, 0.717) is 22.3 Å². The molecule has 188 valence electrons. The minimum absolute atomic E-state index is 0.194. The lowest BCUT2D eigenvalue weighted by molar-refractivity contribution is -0.158. The van der Waals surface area contributed by atoms with E-state index in [1.54, 1.807) is 12.1 Å². The zero-order chi connectivity index (χ0) is 28.0.